The molecule has 1 heterocycles. The van der Waals surface area contributed by atoms with Crippen molar-refractivity contribution in [2.45, 2.75) is 26.8 Å². The highest BCUT2D eigenvalue weighted by Crippen LogP contribution is 2.31. The smallest absolute Gasteiger partial charge is 0.151 e. The van der Waals surface area contributed by atoms with Gasteiger partial charge in [-0.25, -0.2) is 8.78 Å². The van der Waals surface area contributed by atoms with Crippen LogP contribution in [0.25, 0.3) is 0 Å². The molecule has 2 rings (SSSR count). The van der Waals surface area contributed by atoms with Crippen molar-refractivity contribution in [1.29, 1.82) is 0 Å². The Morgan fingerprint density at radius 1 is 1.16 bits per heavy atom. The lowest BCUT2D eigenvalue weighted by Gasteiger charge is -2.17. The maximum Gasteiger partial charge on any atom is 0.151 e. The van der Waals surface area contributed by atoms with Gasteiger partial charge in [0.15, 0.2) is 11.6 Å². The highest BCUT2D eigenvalue weighted by atomic mass is 32.1. The van der Waals surface area contributed by atoms with Crippen LogP contribution in [0.15, 0.2) is 18.2 Å². The van der Waals surface area contributed by atoms with Gasteiger partial charge >= 0.3 is 0 Å². The Morgan fingerprint density at radius 3 is 2.21 bits per heavy atom. The maximum atomic E-state index is 13.7. The number of nitrogens with two attached hydrogens (primary N) is 1. The summed E-state index contributed by atoms with van der Waals surface area (Å²) in [4.78, 5) is 2.33. The predicted molar refractivity (Wildman–Crippen MR) is 76.6 cm³/mol. The number of aryl methyl sites for hydroxylation is 2. The van der Waals surface area contributed by atoms with Crippen molar-refractivity contribution in [3.05, 3.63) is 45.2 Å². The Labute approximate surface area is 115 Å². The van der Waals surface area contributed by atoms with E-state index in [2.05, 4.69) is 5.32 Å². The van der Waals surface area contributed by atoms with Crippen LogP contribution in [0.3, 0.4) is 0 Å². The first-order chi connectivity index (χ1) is 8.88. The first-order valence-corrected chi connectivity index (χ1v) is 6.78. The summed E-state index contributed by atoms with van der Waals surface area (Å²) >= 11 is 1.67. The molecule has 5 heteroatoms. The summed E-state index contributed by atoms with van der Waals surface area (Å²) in [6, 6.07) is 4.09. The zero-order valence-corrected chi connectivity index (χ0v) is 11.9. The molecule has 1 atom stereocenters. The van der Waals surface area contributed by atoms with Gasteiger partial charge in [0.25, 0.3) is 0 Å². The summed E-state index contributed by atoms with van der Waals surface area (Å²) in [5.74, 6) is -1.34. The second-order valence-corrected chi connectivity index (χ2v) is 6.05. The number of benzene rings is 1. The molecule has 2 nitrogen and oxygen atoms in total. The molecule has 1 aromatic heterocycles. The monoisotopic (exact) mass is 282 g/mol. The van der Waals surface area contributed by atoms with Gasteiger partial charge in [0.1, 0.15) is 5.69 Å². The van der Waals surface area contributed by atoms with E-state index in [0.29, 0.717) is 0 Å². The Balaban J connectivity index is 2.29. The lowest BCUT2D eigenvalue weighted by molar-refractivity contribution is 0.585. The van der Waals surface area contributed by atoms with Crippen molar-refractivity contribution < 1.29 is 8.78 Å². The average Bonchev–Trinajstić information content (AvgIpc) is 2.62. The molecule has 0 aliphatic rings. The lowest BCUT2D eigenvalue weighted by atomic mass is 10.1. The van der Waals surface area contributed by atoms with Crippen LogP contribution in [0.5, 0.6) is 0 Å². The van der Waals surface area contributed by atoms with E-state index in [0.717, 1.165) is 22.6 Å². The molecule has 1 aromatic carbocycles. The highest BCUT2D eigenvalue weighted by molar-refractivity contribution is 7.12. The highest BCUT2D eigenvalue weighted by Gasteiger charge is 2.16. The van der Waals surface area contributed by atoms with Gasteiger partial charge in [-0.3, -0.25) is 0 Å². The number of hydrogen-bond acceptors (Lipinski definition) is 3. The van der Waals surface area contributed by atoms with Crippen LogP contribution in [0.2, 0.25) is 0 Å². The van der Waals surface area contributed by atoms with E-state index < -0.39 is 11.6 Å². The molecule has 19 heavy (non-hydrogen) atoms. The number of nitrogens with one attached hydrogen (secondary N) is 1. The molecule has 1 unspecified atom stereocenters. The summed E-state index contributed by atoms with van der Waals surface area (Å²) in [6.07, 6.45) is 0. The van der Waals surface area contributed by atoms with E-state index in [4.69, 9.17) is 5.73 Å². The summed E-state index contributed by atoms with van der Waals surface area (Å²) in [5.41, 5.74) is 6.39. The van der Waals surface area contributed by atoms with Crippen molar-refractivity contribution in [1.82, 2.24) is 0 Å². The molecule has 0 aliphatic carbocycles. The third-order valence-electron chi connectivity index (χ3n) is 2.97. The number of halogens is 2. The van der Waals surface area contributed by atoms with Gasteiger partial charge in [-0.2, -0.15) is 0 Å². The van der Waals surface area contributed by atoms with Crippen LogP contribution in [-0.4, -0.2) is 0 Å². The minimum atomic E-state index is -0.672. The molecule has 0 radical (unpaired) electrons. The number of hydrogen-bond donors (Lipinski definition) is 2. The molecule has 0 aliphatic heterocycles. The maximum absolute atomic E-state index is 13.7. The zero-order chi connectivity index (χ0) is 14.2. The fourth-order valence-corrected chi connectivity index (χ4v) is 3.13. The fraction of sp³-hybridized carbons (Fsp3) is 0.286. The van der Waals surface area contributed by atoms with Gasteiger partial charge < -0.3 is 11.1 Å². The standard InChI is InChI=1S/C14H16F2N2S/c1-7-4-11(9(3)19-7)8(2)18-14-12(15)5-10(17)6-13(14)16/h4-6,8,18H,17H2,1-3H3. The summed E-state index contributed by atoms with van der Waals surface area (Å²) in [7, 11) is 0. The second kappa shape index (κ2) is 5.17. The van der Waals surface area contributed by atoms with Gasteiger partial charge in [0, 0.05) is 21.5 Å². The average molecular weight is 282 g/mol. The van der Waals surface area contributed by atoms with Crippen LogP contribution < -0.4 is 11.1 Å². The number of nitrogen functional groups attached to an aromatic ring is 1. The molecule has 2 aromatic rings. The van der Waals surface area contributed by atoms with Crippen molar-refractivity contribution in [3.8, 4) is 0 Å². The molecule has 0 fully saturated rings. The first kappa shape index (κ1) is 13.8. The fourth-order valence-electron chi connectivity index (χ4n) is 2.11. The molecule has 0 bridgehead atoms. The third kappa shape index (κ3) is 2.87. The molecular weight excluding hydrogens is 266 g/mol. The lowest BCUT2D eigenvalue weighted by Crippen LogP contribution is -2.10. The van der Waals surface area contributed by atoms with E-state index >= 15 is 0 Å². The van der Waals surface area contributed by atoms with Crippen molar-refractivity contribution in [2.24, 2.45) is 0 Å². The Kier molecular flexibility index (Phi) is 3.75. The molecule has 0 saturated heterocycles. The first-order valence-electron chi connectivity index (χ1n) is 5.96. The number of thiophene rings is 1. The largest absolute Gasteiger partial charge is 0.399 e. The third-order valence-corrected chi connectivity index (χ3v) is 3.95. The summed E-state index contributed by atoms with van der Waals surface area (Å²) in [6.45, 7) is 5.89. The van der Waals surface area contributed by atoms with Crippen LogP contribution >= 0.6 is 11.3 Å². The van der Waals surface area contributed by atoms with Crippen molar-refractivity contribution >= 4 is 22.7 Å². The second-order valence-electron chi connectivity index (χ2n) is 4.59. The Morgan fingerprint density at radius 2 is 1.74 bits per heavy atom. The topological polar surface area (TPSA) is 38.0 Å². The summed E-state index contributed by atoms with van der Waals surface area (Å²) in [5, 5.41) is 2.88. The normalized spacial score (nSPS) is 12.5. The number of rotatable bonds is 3. The van der Waals surface area contributed by atoms with Gasteiger partial charge in [-0.15, -0.1) is 11.3 Å². The van der Waals surface area contributed by atoms with E-state index in [1.807, 2.05) is 26.8 Å². The summed E-state index contributed by atoms with van der Waals surface area (Å²) < 4.78 is 27.4. The Hall–Kier alpha value is -1.62. The van der Waals surface area contributed by atoms with Gasteiger partial charge in [-0.1, -0.05) is 0 Å². The number of anilines is 2. The van der Waals surface area contributed by atoms with E-state index in [1.165, 1.54) is 4.88 Å². The molecule has 3 N–H and O–H groups in total. The Bertz CT molecular complexity index is 584. The minimum absolute atomic E-state index is 0.0794. The van der Waals surface area contributed by atoms with Crippen LogP contribution in [-0.2, 0) is 0 Å². The van der Waals surface area contributed by atoms with Crippen LogP contribution in [0.4, 0.5) is 20.2 Å². The quantitative estimate of drug-likeness (QED) is 0.819. The van der Waals surface area contributed by atoms with Crippen molar-refractivity contribution in [3.63, 3.8) is 0 Å². The SMILES string of the molecule is Cc1cc(C(C)Nc2c(F)cc(N)cc2F)c(C)s1. The molecule has 0 spiro atoms. The van der Waals surface area contributed by atoms with Gasteiger partial charge in [0.05, 0.1) is 0 Å². The molecule has 0 saturated carbocycles. The van der Waals surface area contributed by atoms with Gasteiger partial charge in [-0.05, 0) is 44.5 Å². The minimum Gasteiger partial charge on any atom is -0.399 e. The van der Waals surface area contributed by atoms with Crippen LogP contribution in [0, 0.1) is 25.5 Å². The zero-order valence-electron chi connectivity index (χ0n) is 11.1. The van der Waals surface area contributed by atoms with E-state index in [1.54, 1.807) is 11.3 Å². The van der Waals surface area contributed by atoms with Crippen molar-refractivity contribution in [2.75, 3.05) is 11.1 Å². The predicted octanol–water partition coefficient (Wildman–Crippen LogP) is 4.40. The van der Waals surface area contributed by atoms with Gasteiger partial charge in [0.2, 0.25) is 0 Å². The van der Waals surface area contributed by atoms with E-state index in [9.17, 15) is 8.78 Å². The van der Waals surface area contributed by atoms with E-state index in [-0.39, 0.29) is 17.4 Å². The molecule has 102 valence electrons. The van der Waals surface area contributed by atoms with Crippen LogP contribution in [0.1, 0.15) is 28.3 Å². The molecular formula is C14H16F2N2S. The molecule has 0 amide bonds.